The Morgan fingerprint density at radius 1 is 1.45 bits per heavy atom. The van der Waals surface area contributed by atoms with Crippen LogP contribution in [0.3, 0.4) is 0 Å². The van der Waals surface area contributed by atoms with E-state index in [9.17, 15) is 18.0 Å². The molecule has 1 saturated heterocycles. The molecule has 1 unspecified atom stereocenters. The van der Waals surface area contributed by atoms with Crippen LogP contribution in [-0.2, 0) is 4.74 Å². The molecule has 1 atom stereocenters. The first-order valence-electron chi connectivity index (χ1n) is 6.79. The van der Waals surface area contributed by atoms with Crippen molar-refractivity contribution in [3.05, 3.63) is 29.1 Å². The molecule has 2 rings (SSSR count). The minimum atomic E-state index is -1.72. The van der Waals surface area contributed by atoms with E-state index in [-0.39, 0.29) is 6.54 Å². The van der Waals surface area contributed by atoms with Gasteiger partial charge in [-0.05, 0) is 25.5 Å². The smallest absolute Gasteiger partial charge is 0.254 e. The molecule has 0 saturated carbocycles. The highest BCUT2D eigenvalue weighted by atomic mass is 19.2. The third kappa shape index (κ3) is 3.17. The van der Waals surface area contributed by atoms with Crippen LogP contribution in [0.15, 0.2) is 6.07 Å². The van der Waals surface area contributed by atoms with Gasteiger partial charge >= 0.3 is 0 Å². The summed E-state index contributed by atoms with van der Waals surface area (Å²) >= 11 is 0. The molecule has 0 aliphatic carbocycles. The van der Waals surface area contributed by atoms with Crippen molar-refractivity contribution >= 4 is 5.91 Å². The molecule has 0 bridgehead atoms. The van der Waals surface area contributed by atoms with Gasteiger partial charge in [0.05, 0.1) is 17.7 Å². The summed E-state index contributed by atoms with van der Waals surface area (Å²) in [5.41, 5.74) is -1.22. The molecule has 0 spiro atoms. The predicted molar refractivity (Wildman–Crippen MR) is 72.2 cm³/mol. The van der Waals surface area contributed by atoms with Gasteiger partial charge in [0.1, 0.15) is 0 Å². The zero-order valence-electron chi connectivity index (χ0n) is 12.0. The Balaban J connectivity index is 2.13. The summed E-state index contributed by atoms with van der Waals surface area (Å²) in [7, 11) is 1.52. The number of benzene rings is 1. The second-order valence-corrected chi connectivity index (χ2v) is 5.31. The quantitative estimate of drug-likeness (QED) is 0.716. The van der Waals surface area contributed by atoms with Gasteiger partial charge in [-0.3, -0.25) is 4.79 Å². The number of halogens is 3. The highest BCUT2D eigenvalue weighted by Gasteiger charge is 2.34. The number of hydrogen-bond acceptors (Lipinski definition) is 4. The summed E-state index contributed by atoms with van der Waals surface area (Å²) in [6.45, 7) is 1.25. The zero-order valence-corrected chi connectivity index (χ0v) is 12.0. The van der Waals surface area contributed by atoms with E-state index in [0.29, 0.717) is 12.7 Å². The van der Waals surface area contributed by atoms with Gasteiger partial charge in [-0.25, -0.2) is 8.78 Å². The number of carbonyl (C=O) groups is 1. The number of phenols is 1. The fourth-order valence-electron chi connectivity index (χ4n) is 2.57. The highest BCUT2D eigenvalue weighted by Crippen LogP contribution is 2.26. The van der Waals surface area contributed by atoms with E-state index in [0.717, 1.165) is 19.4 Å². The monoisotopic (exact) mass is 318 g/mol. The standard InChI is InChI=1S/C14H17F3N2O3/c1-22-7-14(3-2-4-19-14)6-18-13(21)8-5-9(15)11(17)12(20)10(8)16/h5,19-20H,2-4,6-7H2,1H3,(H,18,21). The van der Waals surface area contributed by atoms with Crippen molar-refractivity contribution in [3.63, 3.8) is 0 Å². The van der Waals surface area contributed by atoms with Crippen LogP contribution in [0.25, 0.3) is 0 Å². The van der Waals surface area contributed by atoms with Crippen LogP contribution in [0, 0.1) is 17.5 Å². The number of amides is 1. The number of ether oxygens (including phenoxy) is 1. The molecule has 1 heterocycles. The number of aromatic hydroxyl groups is 1. The Hall–Kier alpha value is -1.80. The second-order valence-electron chi connectivity index (χ2n) is 5.31. The number of nitrogens with one attached hydrogen (secondary N) is 2. The normalized spacial score (nSPS) is 21.1. The summed E-state index contributed by atoms with van der Waals surface area (Å²) in [5.74, 6) is -7.14. The molecular weight excluding hydrogens is 301 g/mol. The second kappa shape index (κ2) is 6.53. The first-order chi connectivity index (χ1) is 10.4. The molecule has 1 fully saturated rings. The lowest BCUT2D eigenvalue weighted by molar-refractivity contribution is 0.0887. The number of carbonyl (C=O) groups excluding carboxylic acids is 1. The molecule has 1 aromatic carbocycles. The van der Waals surface area contributed by atoms with Crippen molar-refractivity contribution in [1.29, 1.82) is 0 Å². The van der Waals surface area contributed by atoms with Crippen LogP contribution >= 0.6 is 0 Å². The van der Waals surface area contributed by atoms with Crippen molar-refractivity contribution in [2.75, 3.05) is 26.8 Å². The van der Waals surface area contributed by atoms with Crippen molar-refractivity contribution in [1.82, 2.24) is 10.6 Å². The summed E-state index contributed by atoms with van der Waals surface area (Å²) < 4.78 is 45.0. The van der Waals surface area contributed by atoms with E-state index in [1.807, 2.05) is 0 Å². The zero-order chi connectivity index (χ0) is 16.3. The summed E-state index contributed by atoms with van der Waals surface area (Å²) in [6, 6.07) is 0.421. The van der Waals surface area contributed by atoms with E-state index in [4.69, 9.17) is 9.84 Å². The number of methoxy groups -OCH3 is 1. The first kappa shape index (κ1) is 16.6. The molecule has 22 heavy (non-hydrogen) atoms. The van der Waals surface area contributed by atoms with Gasteiger partial charge in [0.15, 0.2) is 17.4 Å². The van der Waals surface area contributed by atoms with Gasteiger partial charge in [-0.2, -0.15) is 4.39 Å². The lowest BCUT2D eigenvalue weighted by Crippen LogP contribution is -2.53. The summed E-state index contributed by atoms with van der Waals surface area (Å²) in [5, 5.41) is 14.8. The third-order valence-electron chi connectivity index (χ3n) is 3.72. The molecule has 8 heteroatoms. The Labute approximate surface area is 125 Å². The SMILES string of the molecule is COCC1(CNC(=O)c2cc(F)c(F)c(O)c2F)CCCN1. The van der Waals surface area contributed by atoms with Crippen molar-refractivity contribution in [2.24, 2.45) is 0 Å². The Bertz CT molecular complexity index is 575. The van der Waals surface area contributed by atoms with Crippen LogP contribution in [-0.4, -0.2) is 43.4 Å². The first-order valence-corrected chi connectivity index (χ1v) is 6.79. The fourth-order valence-corrected chi connectivity index (χ4v) is 2.57. The van der Waals surface area contributed by atoms with E-state index in [2.05, 4.69) is 10.6 Å². The average Bonchev–Trinajstić information content (AvgIpc) is 2.96. The molecule has 0 radical (unpaired) electrons. The fraction of sp³-hybridized carbons (Fsp3) is 0.500. The van der Waals surface area contributed by atoms with Crippen LogP contribution in [0.1, 0.15) is 23.2 Å². The van der Waals surface area contributed by atoms with Crippen molar-refractivity contribution in [2.45, 2.75) is 18.4 Å². The van der Waals surface area contributed by atoms with Gasteiger partial charge in [-0.15, -0.1) is 0 Å². The average molecular weight is 318 g/mol. The summed E-state index contributed by atoms with van der Waals surface area (Å²) in [4.78, 5) is 12.0. The maximum atomic E-state index is 13.7. The van der Waals surface area contributed by atoms with E-state index in [1.165, 1.54) is 7.11 Å². The Kier molecular flexibility index (Phi) is 4.92. The van der Waals surface area contributed by atoms with Gasteiger partial charge in [-0.1, -0.05) is 0 Å². The Morgan fingerprint density at radius 2 is 2.18 bits per heavy atom. The lowest BCUT2D eigenvalue weighted by atomic mass is 9.98. The molecule has 122 valence electrons. The number of hydrogen-bond donors (Lipinski definition) is 3. The van der Waals surface area contributed by atoms with Gasteiger partial charge in [0.25, 0.3) is 5.91 Å². The molecule has 0 aromatic heterocycles. The molecule has 5 nitrogen and oxygen atoms in total. The minimum absolute atomic E-state index is 0.138. The van der Waals surface area contributed by atoms with Gasteiger partial charge in [0, 0.05) is 13.7 Å². The third-order valence-corrected chi connectivity index (χ3v) is 3.72. The maximum Gasteiger partial charge on any atom is 0.254 e. The van der Waals surface area contributed by atoms with Crippen LogP contribution in [0.4, 0.5) is 13.2 Å². The molecular formula is C14H17F3N2O3. The van der Waals surface area contributed by atoms with Crippen LogP contribution < -0.4 is 10.6 Å². The molecule has 1 amide bonds. The number of rotatable bonds is 5. The molecule has 3 N–H and O–H groups in total. The van der Waals surface area contributed by atoms with Crippen LogP contribution in [0.5, 0.6) is 5.75 Å². The molecule has 1 aliphatic heterocycles. The van der Waals surface area contributed by atoms with E-state index < -0.39 is 40.2 Å². The van der Waals surface area contributed by atoms with E-state index >= 15 is 0 Å². The molecule has 1 aliphatic rings. The molecule has 1 aromatic rings. The topological polar surface area (TPSA) is 70.6 Å². The van der Waals surface area contributed by atoms with Crippen LogP contribution in [0.2, 0.25) is 0 Å². The Morgan fingerprint density at radius 3 is 2.77 bits per heavy atom. The number of phenolic OH excluding ortho intramolecular Hbond substituents is 1. The minimum Gasteiger partial charge on any atom is -0.503 e. The predicted octanol–water partition coefficient (Wildman–Crippen LogP) is 1.31. The van der Waals surface area contributed by atoms with Crippen molar-refractivity contribution in [3.8, 4) is 5.75 Å². The lowest BCUT2D eigenvalue weighted by Gasteiger charge is -2.29. The largest absolute Gasteiger partial charge is 0.503 e. The van der Waals surface area contributed by atoms with Gasteiger partial charge in [0.2, 0.25) is 5.82 Å². The summed E-state index contributed by atoms with van der Waals surface area (Å²) in [6.07, 6.45) is 1.66. The highest BCUT2D eigenvalue weighted by molar-refractivity contribution is 5.95. The van der Waals surface area contributed by atoms with E-state index in [1.54, 1.807) is 0 Å². The maximum absolute atomic E-state index is 13.7. The van der Waals surface area contributed by atoms with Gasteiger partial charge < -0.3 is 20.5 Å². The van der Waals surface area contributed by atoms with Crippen molar-refractivity contribution < 1.29 is 27.8 Å².